The first-order valence-electron chi connectivity index (χ1n) is 9.07. The summed E-state index contributed by atoms with van der Waals surface area (Å²) >= 11 is 0. The van der Waals surface area contributed by atoms with Gasteiger partial charge in [0, 0.05) is 25.0 Å². The van der Waals surface area contributed by atoms with Crippen molar-refractivity contribution in [1.82, 2.24) is 9.97 Å². The van der Waals surface area contributed by atoms with Crippen LogP contribution >= 0.6 is 0 Å². The Morgan fingerprint density at radius 3 is 2.33 bits per heavy atom. The number of carbonyl (C=O) groups is 1. The van der Waals surface area contributed by atoms with Gasteiger partial charge in [-0.15, -0.1) is 13.2 Å². The minimum atomic E-state index is -4.76. The normalized spacial score (nSPS) is 11.1. The largest absolute Gasteiger partial charge is 0.573 e. The molecule has 2 aromatic heterocycles. The summed E-state index contributed by atoms with van der Waals surface area (Å²) < 4.78 is 45.9. The summed E-state index contributed by atoms with van der Waals surface area (Å²) in [5.41, 5.74) is 1.06. The van der Waals surface area contributed by atoms with Crippen molar-refractivity contribution in [3.63, 3.8) is 0 Å². The number of amides is 1. The molecular formula is C21H18F3N3O3. The van der Waals surface area contributed by atoms with Crippen LogP contribution in [0.1, 0.15) is 23.7 Å². The molecule has 0 spiro atoms. The second kappa shape index (κ2) is 9.25. The van der Waals surface area contributed by atoms with E-state index in [1.54, 1.807) is 35.5 Å². The summed E-state index contributed by atoms with van der Waals surface area (Å²) in [6.45, 7) is 2.49. The van der Waals surface area contributed by atoms with Gasteiger partial charge >= 0.3 is 6.36 Å². The number of pyridine rings is 2. The van der Waals surface area contributed by atoms with E-state index >= 15 is 0 Å². The highest BCUT2D eigenvalue weighted by Gasteiger charge is 2.31. The Morgan fingerprint density at radius 2 is 1.77 bits per heavy atom. The van der Waals surface area contributed by atoms with Gasteiger partial charge in [0.05, 0.1) is 17.4 Å². The monoisotopic (exact) mass is 417 g/mol. The number of aromatic nitrogens is 2. The number of rotatable bonds is 7. The van der Waals surface area contributed by atoms with E-state index in [1.807, 2.05) is 6.92 Å². The van der Waals surface area contributed by atoms with Crippen LogP contribution in [0.3, 0.4) is 0 Å². The fourth-order valence-corrected chi connectivity index (χ4v) is 2.64. The summed E-state index contributed by atoms with van der Waals surface area (Å²) in [5, 5.41) is 0. The van der Waals surface area contributed by atoms with Gasteiger partial charge in [-0.05, 0) is 48.9 Å². The first kappa shape index (κ1) is 21.1. The van der Waals surface area contributed by atoms with Gasteiger partial charge in [-0.3, -0.25) is 9.78 Å². The van der Waals surface area contributed by atoms with Crippen molar-refractivity contribution in [3.8, 4) is 17.4 Å². The van der Waals surface area contributed by atoms with Gasteiger partial charge in [0.2, 0.25) is 5.88 Å². The molecule has 3 rings (SSSR count). The Morgan fingerprint density at radius 1 is 1.03 bits per heavy atom. The lowest BCUT2D eigenvalue weighted by molar-refractivity contribution is -0.274. The van der Waals surface area contributed by atoms with Crippen LogP contribution in [-0.4, -0.2) is 28.8 Å². The molecule has 0 unspecified atom stereocenters. The zero-order valence-electron chi connectivity index (χ0n) is 16.0. The van der Waals surface area contributed by atoms with E-state index in [1.165, 1.54) is 24.4 Å². The lowest BCUT2D eigenvalue weighted by Gasteiger charge is -2.21. The summed E-state index contributed by atoms with van der Waals surface area (Å²) in [7, 11) is 0. The first-order chi connectivity index (χ1) is 14.4. The van der Waals surface area contributed by atoms with Crippen LogP contribution in [0.4, 0.5) is 18.9 Å². The average molecular weight is 417 g/mol. The van der Waals surface area contributed by atoms with Crippen molar-refractivity contribution in [2.45, 2.75) is 19.7 Å². The Kier molecular flexibility index (Phi) is 6.51. The molecule has 0 saturated heterocycles. The lowest BCUT2D eigenvalue weighted by Crippen LogP contribution is -2.31. The fourth-order valence-electron chi connectivity index (χ4n) is 2.64. The fraction of sp³-hybridized carbons (Fsp3) is 0.190. The second-order valence-electron chi connectivity index (χ2n) is 6.17. The molecule has 3 aromatic rings. The predicted octanol–water partition coefficient (Wildman–Crippen LogP) is 5.22. The van der Waals surface area contributed by atoms with Gasteiger partial charge in [-0.1, -0.05) is 6.92 Å². The number of anilines is 1. The number of halogens is 3. The zero-order chi connectivity index (χ0) is 21.6. The molecule has 0 bridgehead atoms. The van der Waals surface area contributed by atoms with Gasteiger partial charge in [-0.25, -0.2) is 4.98 Å². The quantitative estimate of drug-likeness (QED) is 0.527. The first-order valence-corrected chi connectivity index (χ1v) is 9.07. The number of hydrogen-bond acceptors (Lipinski definition) is 5. The van der Waals surface area contributed by atoms with E-state index in [2.05, 4.69) is 14.7 Å². The topological polar surface area (TPSA) is 64.6 Å². The average Bonchev–Trinajstić information content (AvgIpc) is 2.73. The van der Waals surface area contributed by atoms with Crippen LogP contribution in [0, 0.1) is 0 Å². The van der Waals surface area contributed by atoms with Crippen molar-refractivity contribution in [1.29, 1.82) is 0 Å². The minimum Gasteiger partial charge on any atom is -0.439 e. The molecule has 2 heterocycles. The highest BCUT2D eigenvalue weighted by Crippen LogP contribution is 2.27. The number of nitrogens with zero attached hydrogens (tertiary/aromatic N) is 3. The minimum absolute atomic E-state index is 0.194. The molecule has 0 N–H and O–H groups in total. The highest BCUT2D eigenvalue weighted by atomic mass is 19.4. The highest BCUT2D eigenvalue weighted by molar-refractivity contribution is 6.05. The van der Waals surface area contributed by atoms with Crippen molar-refractivity contribution in [2.24, 2.45) is 0 Å². The molecule has 0 atom stereocenters. The van der Waals surface area contributed by atoms with Crippen LogP contribution in [0.5, 0.6) is 17.4 Å². The third-order valence-corrected chi connectivity index (χ3v) is 3.91. The molecular weight excluding hydrogens is 399 g/mol. The standard InChI is InChI=1S/C21H18F3N3O3/c1-2-12-27(16-4-3-11-25-14-16)20(28)15-5-10-19(26-13-15)29-17-6-8-18(9-7-17)30-21(22,23)24/h3-11,13-14H,2,12H2,1H3. The van der Waals surface area contributed by atoms with Gasteiger partial charge < -0.3 is 14.4 Å². The molecule has 1 amide bonds. The third kappa shape index (κ3) is 5.69. The van der Waals surface area contributed by atoms with E-state index < -0.39 is 6.36 Å². The summed E-state index contributed by atoms with van der Waals surface area (Å²) in [6, 6.07) is 11.6. The molecule has 156 valence electrons. The number of benzene rings is 1. The Hall–Kier alpha value is -3.62. The number of ether oxygens (including phenoxy) is 2. The van der Waals surface area contributed by atoms with Crippen molar-refractivity contribution < 1.29 is 27.4 Å². The lowest BCUT2D eigenvalue weighted by atomic mass is 10.2. The Bertz CT molecular complexity index is 963. The zero-order valence-corrected chi connectivity index (χ0v) is 16.0. The van der Waals surface area contributed by atoms with Gasteiger partial charge in [0.1, 0.15) is 11.5 Å². The summed E-state index contributed by atoms with van der Waals surface area (Å²) in [5.74, 6) is -0.105. The van der Waals surface area contributed by atoms with E-state index in [0.29, 0.717) is 17.8 Å². The van der Waals surface area contributed by atoms with E-state index in [9.17, 15) is 18.0 Å². The van der Waals surface area contributed by atoms with Crippen LogP contribution < -0.4 is 14.4 Å². The molecule has 0 aliphatic carbocycles. The van der Waals surface area contributed by atoms with Crippen molar-refractivity contribution in [3.05, 3.63) is 72.7 Å². The van der Waals surface area contributed by atoms with Gasteiger partial charge in [0.15, 0.2) is 0 Å². The maximum absolute atomic E-state index is 12.9. The van der Waals surface area contributed by atoms with Crippen LogP contribution in [0.15, 0.2) is 67.1 Å². The van der Waals surface area contributed by atoms with Crippen LogP contribution in [-0.2, 0) is 0 Å². The molecule has 0 aliphatic rings. The Balaban J connectivity index is 1.69. The van der Waals surface area contributed by atoms with Crippen LogP contribution in [0.25, 0.3) is 0 Å². The van der Waals surface area contributed by atoms with Gasteiger partial charge in [-0.2, -0.15) is 0 Å². The molecule has 0 radical (unpaired) electrons. The molecule has 1 aromatic carbocycles. The maximum atomic E-state index is 12.9. The van der Waals surface area contributed by atoms with Crippen molar-refractivity contribution in [2.75, 3.05) is 11.4 Å². The second-order valence-corrected chi connectivity index (χ2v) is 6.17. The summed E-state index contributed by atoms with van der Waals surface area (Å²) in [6.07, 6.45) is 0.646. The molecule has 6 nitrogen and oxygen atoms in total. The van der Waals surface area contributed by atoms with E-state index in [4.69, 9.17) is 4.74 Å². The predicted molar refractivity (Wildman–Crippen MR) is 104 cm³/mol. The molecule has 0 fully saturated rings. The number of hydrogen-bond donors (Lipinski definition) is 0. The molecule has 9 heteroatoms. The van der Waals surface area contributed by atoms with Crippen LogP contribution in [0.2, 0.25) is 0 Å². The van der Waals surface area contributed by atoms with Gasteiger partial charge in [0.25, 0.3) is 5.91 Å². The van der Waals surface area contributed by atoms with E-state index in [0.717, 1.165) is 18.6 Å². The third-order valence-electron chi connectivity index (χ3n) is 3.91. The molecule has 30 heavy (non-hydrogen) atoms. The summed E-state index contributed by atoms with van der Waals surface area (Å²) in [4.78, 5) is 22.6. The Labute approximate surface area is 170 Å². The molecule has 0 saturated carbocycles. The van der Waals surface area contributed by atoms with Crippen molar-refractivity contribution >= 4 is 11.6 Å². The molecule has 0 aliphatic heterocycles. The number of carbonyl (C=O) groups excluding carboxylic acids is 1. The SMILES string of the molecule is CCCN(C(=O)c1ccc(Oc2ccc(OC(F)(F)F)cc2)nc1)c1cccnc1. The smallest absolute Gasteiger partial charge is 0.439 e. The number of alkyl halides is 3. The maximum Gasteiger partial charge on any atom is 0.573 e. The van der Waals surface area contributed by atoms with E-state index in [-0.39, 0.29) is 23.3 Å².